The number of hydrogen-bond acceptors (Lipinski definition) is 3. The van der Waals surface area contributed by atoms with E-state index < -0.39 is 35.9 Å². The monoisotopic (exact) mass is 478 g/mol. The van der Waals surface area contributed by atoms with Gasteiger partial charge in [0.05, 0.1) is 0 Å². The van der Waals surface area contributed by atoms with E-state index in [-0.39, 0.29) is 0 Å². The molecule has 24 heavy (non-hydrogen) atoms. The van der Waals surface area contributed by atoms with E-state index in [1.165, 1.54) is 3.28 Å². The van der Waals surface area contributed by atoms with Crippen LogP contribution in [0, 0.1) is 0 Å². The molecule has 3 nitrogen and oxygen atoms in total. The molecule has 0 aromatic carbocycles. The summed E-state index contributed by atoms with van der Waals surface area (Å²) in [5, 5.41) is 0. The third kappa shape index (κ3) is 7.19. The molecule has 0 atom stereocenters. The van der Waals surface area contributed by atoms with Crippen LogP contribution in [-0.2, 0) is 30.0 Å². The van der Waals surface area contributed by atoms with Gasteiger partial charge in [-0.25, -0.2) is 0 Å². The van der Waals surface area contributed by atoms with Crippen LogP contribution in [0.5, 0.6) is 0 Å². The summed E-state index contributed by atoms with van der Waals surface area (Å²) in [7, 11) is 0. The summed E-state index contributed by atoms with van der Waals surface area (Å²) in [4.78, 5) is 0. The zero-order valence-electron chi connectivity index (χ0n) is 16.5. The van der Waals surface area contributed by atoms with Crippen molar-refractivity contribution in [2.24, 2.45) is 0 Å². The third-order valence-electron chi connectivity index (χ3n) is 4.33. The molecule has 0 aromatic heterocycles. The Bertz CT molecular complexity index is 381. The Balaban J connectivity index is 3.04. The molecule has 0 unspecified atom stereocenters. The predicted molar refractivity (Wildman–Crippen MR) is 102 cm³/mol. The molecule has 0 aromatic rings. The summed E-state index contributed by atoms with van der Waals surface area (Å²) in [5.41, 5.74) is 0. The van der Waals surface area contributed by atoms with Gasteiger partial charge in [-0.3, -0.25) is 0 Å². The van der Waals surface area contributed by atoms with Gasteiger partial charge in [0, 0.05) is 0 Å². The zero-order valence-corrected chi connectivity index (χ0v) is 21.4. The maximum absolute atomic E-state index is 6.53. The molecule has 0 saturated carbocycles. The van der Waals surface area contributed by atoms with Gasteiger partial charge in [-0.15, -0.1) is 0 Å². The van der Waals surface area contributed by atoms with Gasteiger partial charge in [0.15, 0.2) is 0 Å². The van der Waals surface area contributed by atoms with Crippen molar-refractivity contribution in [1.82, 2.24) is 0 Å². The van der Waals surface area contributed by atoms with Gasteiger partial charge < -0.3 is 0 Å². The SMILES string of the molecule is CCCC[O][Zr]([O]CCCC)([O]CCCC)[C]1=[C]([GeH]([CH3])[CH3])C=CC1. The molecule has 0 fully saturated rings. The van der Waals surface area contributed by atoms with Crippen LogP contribution in [0.25, 0.3) is 0 Å². The number of allylic oxidation sites excluding steroid dienone is 4. The maximum atomic E-state index is 6.53. The molecule has 0 heterocycles. The molecule has 1 rings (SSSR count). The molecule has 1 aliphatic rings. The van der Waals surface area contributed by atoms with Crippen molar-refractivity contribution in [3.63, 3.8) is 0 Å². The van der Waals surface area contributed by atoms with Crippen LogP contribution in [0.2, 0.25) is 11.5 Å². The van der Waals surface area contributed by atoms with E-state index >= 15 is 0 Å². The van der Waals surface area contributed by atoms with Crippen molar-refractivity contribution in [1.29, 1.82) is 0 Å². The Morgan fingerprint density at radius 1 is 0.875 bits per heavy atom. The van der Waals surface area contributed by atoms with Crippen LogP contribution in [0.1, 0.15) is 65.7 Å². The third-order valence-corrected chi connectivity index (χ3v) is 16.9. The van der Waals surface area contributed by atoms with Gasteiger partial charge in [-0.1, -0.05) is 0 Å². The van der Waals surface area contributed by atoms with Crippen molar-refractivity contribution in [3.05, 3.63) is 19.8 Å². The van der Waals surface area contributed by atoms with Gasteiger partial charge in [-0.05, 0) is 0 Å². The average molecular weight is 478 g/mol. The molecule has 0 saturated heterocycles. The van der Waals surface area contributed by atoms with E-state index in [2.05, 4.69) is 44.4 Å². The van der Waals surface area contributed by atoms with Crippen LogP contribution < -0.4 is 0 Å². The molecule has 0 N–H and O–H groups in total. The summed E-state index contributed by atoms with van der Waals surface area (Å²) in [5.74, 6) is 4.89. The van der Waals surface area contributed by atoms with Crippen LogP contribution in [-0.4, -0.2) is 34.2 Å². The Kier molecular flexibility index (Phi) is 12.4. The molecular formula is C19H38GeO3Zr. The molecule has 0 aliphatic heterocycles. The molecule has 0 radical (unpaired) electrons. The Labute approximate surface area is 160 Å². The Morgan fingerprint density at radius 2 is 1.33 bits per heavy atom. The van der Waals surface area contributed by atoms with E-state index in [9.17, 15) is 0 Å². The fourth-order valence-corrected chi connectivity index (χ4v) is 18.4. The fraction of sp³-hybridized carbons (Fsp3) is 0.789. The van der Waals surface area contributed by atoms with Crippen molar-refractivity contribution in [3.8, 4) is 0 Å². The number of rotatable bonds is 14. The van der Waals surface area contributed by atoms with Crippen LogP contribution in [0.15, 0.2) is 19.8 Å². The first-order valence-electron chi connectivity index (χ1n) is 9.93. The van der Waals surface area contributed by atoms with E-state index in [1.807, 2.05) is 0 Å². The standard InChI is InChI=1S/C7H11Ge.3C4H9O.Zr/c1-8(2)7-5-3-4-6-7;3*1-2-3-4-5;/h3,5,8H,4H2,1-2H3;3*2-4H2,1H3;/q;3*-1;+3. The second-order valence-electron chi connectivity index (χ2n) is 6.86. The second kappa shape index (κ2) is 13.0. The molecule has 5 heteroatoms. The molecule has 140 valence electrons. The van der Waals surface area contributed by atoms with Gasteiger partial charge in [0.1, 0.15) is 0 Å². The number of hydrogen-bond donors (Lipinski definition) is 0. The van der Waals surface area contributed by atoms with Crippen molar-refractivity contribution < 1.29 is 30.0 Å². The van der Waals surface area contributed by atoms with Crippen molar-refractivity contribution in [2.75, 3.05) is 19.8 Å². The minimum atomic E-state index is -3.65. The first kappa shape index (κ1) is 22.8. The first-order valence-corrected chi connectivity index (χ1v) is 20.2. The molecular weight excluding hydrogens is 440 g/mol. The summed E-state index contributed by atoms with van der Waals surface area (Å²) in [6.45, 7) is 8.98. The summed E-state index contributed by atoms with van der Waals surface area (Å²) in [6.07, 6.45) is 12.4. The number of unbranched alkanes of at least 4 members (excludes halogenated alkanes) is 3. The van der Waals surface area contributed by atoms with Gasteiger partial charge in [0.2, 0.25) is 0 Å². The Morgan fingerprint density at radius 3 is 1.71 bits per heavy atom. The Hall–Kier alpha value is 0.786. The van der Waals surface area contributed by atoms with Crippen LogP contribution >= 0.6 is 0 Å². The van der Waals surface area contributed by atoms with Gasteiger partial charge >= 0.3 is 161 Å². The summed E-state index contributed by atoms with van der Waals surface area (Å²) in [6, 6.07) is 0. The van der Waals surface area contributed by atoms with Crippen LogP contribution in [0.4, 0.5) is 0 Å². The predicted octanol–water partition coefficient (Wildman–Crippen LogP) is 5.58. The van der Waals surface area contributed by atoms with Crippen molar-refractivity contribution >= 4 is 14.3 Å². The molecule has 0 spiro atoms. The minimum absolute atomic E-state index is 0.784. The van der Waals surface area contributed by atoms with Gasteiger partial charge in [0.25, 0.3) is 0 Å². The van der Waals surface area contributed by atoms with E-state index in [0.717, 1.165) is 64.8 Å². The molecule has 1 aliphatic carbocycles. The van der Waals surface area contributed by atoms with E-state index in [0.29, 0.717) is 0 Å². The topological polar surface area (TPSA) is 27.7 Å². The molecule has 0 bridgehead atoms. The normalized spacial score (nSPS) is 15.1. The fourth-order valence-electron chi connectivity index (χ4n) is 2.80. The zero-order chi connectivity index (χ0) is 17.8. The summed E-state index contributed by atoms with van der Waals surface area (Å²) < 4.78 is 22.6. The van der Waals surface area contributed by atoms with Gasteiger partial charge in [-0.2, -0.15) is 0 Å². The van der Waals surface area contributed by atoms with E-state index in [1.54, 1.807) is 4.41 Å². The molecule has 0 amide bonds. The second-order valence-corrected chi connectivity index (χ2v) is 19.4. The van der Waals surface area contributed by atoms with Crippen LogP contribution in [0.3, 0.4) is 0 Å². The first-order chi connectivity index (χ1) is 11.6. The van der Waals surface area contributed by atoms with E-state index in [4.69, 9.17) is 8.44 Å². The summed E-state index contributed by atoms with van der Waals surface area (Å²) >= 11 is -5.04. The average Bonchev–Trinajstić information content (AvgIpc) is 3.05. The quantitative estimate of drug-likeness (QED) is 0.241. The van der Waals surface area contributed by atoms with Crippen molar-refractivity contribution in [2.45, 2.75) is 77.2 Å².